The Kier molecular flexibility index (Phi) is 3.54. The van der Waals surface area contributed by atoms with E-state index in [1.165, 1.54) is 6.08 Å². The van der Waals surface area contributed by atoms with Gasteiger partial charge in [0.2, 0.25) is 0 Å². The van der Waals surface area contributed by atoms with Crippen molar-refractivity contribution in [2.45, 2.75) is 0 Å². The molecule has 0 radical (unpaired) electrons. The van der Waals surface area contributed by atoms with E-state index in [-0.39, 0.29) is 6.61 Å². The molecule has 1 unspecified atom stereocenters. The minimum atomic E-state index is -3.39. The predicted octanol–water partition coefficient (Wildman–Crippen LogP) is 0.324. The molecule has 0 fully saturated rings. The highest BCUT2D eigenvalue weighted by atomic mass is 31.2. The topological polar surface area (TPSA) is 66.8 Å². The molecule has 0 rings (SSSR count). The van der Waals surface area contributed by atoms with Crippen molar-refractivity contribution in [1.29, 1.82) is 0 Å². The number of rotatable bonds is 3. The van der Waals surface area contributed by atoms with Crippen LogP contribution in [0, 0.1) is 0 Å². The summed E-state index contributed by atoms with van der Waals surface area (Å²) in [7, 11) is -3.39. The Balaban J connectivity index is 3.51. The van der Waals surface area contributed by atoms with Gasteiger partial charge in [-0.1, -0.05) is 0 Å². The van der Waals surface area contributed by atoms with Crippen LogP contribution >= 0.6 is 7.60 Å². The van der Waals surface area contributed by atoms with Crippen molar-refractivity contribution in [3.8, 4) is 0 Å². The van der Waals surface area contributed by atoms with E-state index in [0.717, 1.165) is 12.9 Å². The van der Waals surface area contributed by atoms with E-state index in [1.54, 1.807) is 0 Å². The van der Waals surface area contributed by atoms with Gasteiger partial charge in [-0.2, -0.15) is 0 Å². The van der Waals surface area contributed by atoms with Gasteiger partial charge in [0.05, 0.1) is 12.9 Å². The standard InChI is InChI=1S/C4H9O4P/c1-9(6,7)8-4-2-3-5/h2,4-5H,3H2,1H3,(H,6,7)/b4-2+. The maximum Gasteiger partial charge on any atom is 0.372 e. The zero-order valence-corrected chi connectivity index (χ0v) is 5.91. The van der Waals surface area contributed by atoms with Crippen LogP contribution in [0.1, 0.15) is 0 Å². The lowest BCUT2D eigenvalue weighted by Crippen LogP contribution is -1.78. The van der Waals surface area contributed by atoms with E-state index in [0.29, 0.717) is 0 Å². The average molecular weight is 152 g/mol. The molecule has 0 amide bonds. The molecule has 0 spiro atoms. The summed E-state index contributed by atoms with van der Waals surface area (Å²) < 4.78 is 14.5. The summed E-state index contributed by atoms with van der Waals surface area (Å²) >= 11 is 0. The third-order valence-corrected chi connectivity index (χ3v) is 0.971. The second-order valence-electron chi connectivity index (χ2n) is 1.46. The van der Waals surface area contributed by atoms with Gasteiger partial charge in [-0.25, -0.2) is 4.57 Å². The van der Waals surface area contributed by atoms with Crippen LogP contribution < -0.4 is 0 Å². The van der Waals surface area contributed by atoms with Gasteiger partial charge < -0.3 is 14.5 Å². The Morgan fingerprint density at radius 3 is 2.67 bits per heavy atom. The summed E-state index contributed by atoms with van der Waals surface area (Å²) in [6.45, 7) is 0.870. The summed E-state index contributed by atoms with van der Waals surface area (Å²) in [5.41, 5.74) is 0. The summed E-state index contributed by atoms with van der Waals surface area (Å²) in [5.74, 6) is 0. The van der Waals surface area contributed by atoms with Gasteiger partial charge in [0.15, 0.2) is 0 Å². The molecule has 1 atom stereocenters. The van der Waals surface area contributed by atoms with Crippen molar-refractivity contribution in [3.63, 3.8) is 0 Å². The summed E-state index contributed by atoms with van der Waals surface area (Å²) in [6.07, 6.45) is 2.23. The molecule has 9 heavy (non-hydrogen) atoms. The molecule has 0 aromatic heterocycles. The molecule has 0 aliphatic rings. The molecule has 0 aliphatic heterocycles. The smallest absolute Gasteiger partial charge is 0.372 e. The Labute approximate surface area is 53.3 Å². The van der Waals surface area contributed by atoms with Crippen LogP contribution in [0.2, 0.25) is 0 Å². The van der Waals surface area contributed by atoms with Crippen LogP contribution in [-0.4, -0.2) is 23.3 Å². The first-order valence-electron chi connectivity index (χ1n) is 2.31. The second kappa shape index (κ2) is 3.67. The van der Waals surface area contributed by atoms with Crippen LogP contribution in [0.4, 0.5) is 0 Å². The zero-order chi connectivity index (χ0) is 7.33. The van der Waals surface area contributed by atoms with Crippen LogP contribution in [-0.2, 0) is 9.09 Å². The molecule has 0 aliphatic carbocycles. The maximum absolute atomic E-state index is 10.3. The first-order valence-corrected chi connectivity index (χ1v) is 4.33. The van der Waals surface area contributed by atoms with Gasteiger partial charge in [-0.3, -0.25) is 0 Å². The lowest BCUT2D eigenvalue weighted by molar-refractivity contribution is 0.329. The molecule has 0 aromatic carbocycles. The highest BCUT2D eigenvalue weighted by molar-refractivity contribution is 7.52. The van der Waals surface area contributed by atoms with Crippen LogP contribution in [0.15, 0.2) is 12.3 Å². The molecule has 54 valence electrons. The lowest BCUT2D eigenvalue weighted by atomic mass is 10.7. The van der Waals surface area contributed by atoms with Gasteiger partial charge in [-0.05, 0) is 6.08 Å². The zero-order valence-electron chi connectivity index (χ0n) is 5.02. The minimum Gasteiger partial charge on any atom is -0.433 e. The van der Waals surface area contributed by atoms with Gasteiger partial charge in [0, 0.05) is 6.66 Å². The fourth-order valence-corrected chi connectivity index (χ4v) is 0.511. The Bertz CT molecular complexity index is 136. The van der Waals surface area contributed by atoms with Crippen molar-refractivity contribution in [1.82, 2.24) is 0 Å². The monoisotopic (exact) mass is 152 g/mol. The molecule has 0 aromatic rings. The van der Waals surface area contributed by atoms with Gasteiger partial charge in [0.1, 0.15) is 0 Å². The third kappa shape index (κ3) is 7.69. The molecular weight excluding hydrogens is 143 g/mol. The molecule has 2 N–H and O–H groups in total. The SMILES string of the molecule is CP(=O)(O)O/C=C/CO. The first-order chi connectivity index (χ1) is 4.06. The maximum atomic E-state index is 10.3. The molecule has 0 heterocycles. The van der Waals surface area contributed by atoms with Crippen molar-refractivity contribution in [2.75, 3.05) is 13.3 Å². The quantitative estimate of drug-likeness (QED) is 0.451. The van der Waals surface area contributed by atoms with E-state index >= 15 is 0 Å². The molecule has 4 nitrogen and oxygen atoms in total. The summed E-state index contributed by atoms with van der Waals surface area (Å²) in [6, 6.07) is 0. The molecule has 0 saturated heterocycles. The number of hydrogen-bond donors (Lipinski definition) is 2. The molecular formula is C4H9O4P. The van der Waals surface area contributed by atoms with Crippen molar-refractivity contribution < 1.29 is 19.1 Å². The van der Waals surface area contributed by atoms with Crippen LogP contribution in [0.3, 0.4) is 0 Å². The number of aliphatic hydroxyl groups is 1. The van der Waals surface area contributed by atoms with E-state index < -0.39 is 7.60 Å². The van der Waals surface area contributed by atoms with Crippen molar-refractivity contribution in [3.05, 3.63) is 12.3 Å². The van der Waals surface area contributed by atoms with Crippen molar-refractivity contribution >= 4 is 7.60 Å². The minimum absolute atomic E-state index is 0.194. The molecule has 0 bridgehead atoms. The largest absolute Gasteiger partial charge is 0.433 e. The van der Waals surface area contributed by atoms with Crippen molar-refractivity contribution in [2.24, 2.45) is 0 Å². The van der Waals surface area contributed by atoms with Gasteiger partial charge in [0.25, 0.3) is 0 Å². The number of aliphatic hydroxyl groups excluding tert-OH is 1. The summed E-state index contributed by atoms with van der Waals surface area (Å²) in [4.78, 5) is 8.44. The van der Waals surface area contributed by atoms with E-state index in [1.807, 2.05) is 0 Å². The number of hydrogen-bond acceptors (Lipinski definition) is 3. The van der Waals surface area contributed by atoms with E-state index in [4.69, 9.17) is 10.00 Å². The summed E-state index contributed by atoms with van der Waals surface area (Å²) in [5, 5.41) is 8.12. The predicted molar refractivity (Wildman–Crippen MR) is 33.1 cm³/mol. The normalized spacial score (nSPS) is 17.7. The van der Waals surface area contributed by atoms with E-state index in [2.05, 4.69) is 4.52 Å². The third-order valence-electron chi connectivity index (χ3n) is 0.458. The highest BCUT2D eigenvalue weighted by Gasteiger charge is 2.05. The fourth-order valence-electron chi connectivity index (χ4n) is 0.199. The average Bonchev–Trinajstić information content (AvgIpc) is 1.63. The Morgan fingerprint density at radius 1 is 1.78 bits per heavy atom. The van der Waals surface area contributed by atoms with Gasteiger partial charge in [-0.15, -0.1) is 0 Å². The van der Waals surface area contributed by atoms with Crippen LogP contribution in [0.25, 0.3) is 0 Å². The van der Waals surface area contributed by atoms with Gasteiger partial charge >= 0.3 is 7.60 Å². The molecule has 0 saturated carbocycles. The lowest BCUT2D eigenvalue weighted by Gasteiger charge is -2.00. The van der Waals surface area contributed by atoms with Crippen LogP contribution in [0.5, 0.6) is 0 Å². The second-order valence-corrected chi connectivity index (χ2v) is 3.28. The fraction of sp³-hybridized carbons (Fsp3) is 0.500. The Hall–Kier alpha value is -0.310. The highest BCUT2D eigenvalue weighted by Crippen LogP contribution is 2.36. The first kappa shape index (κ1) is 8.69. The van der Waals surface area contributed by atoms with E-state index in [9.17, 15) is 4.57 Å². The molecule has 5 heteroatoms. The Morgan fingerprint density at radius 2 is 2.33 bits per heavy atom.